The molecule has 0 unspecified atom stereocenters. The zero-order valence-corrected chi connectivity index (χ0v) is 11.2. The molecule has 0 saturated heterocycles. The predicted molar refractivity (Wildman–Crippen MR) is 68.0 cm³/mol. The van der Waals surface area contributed by atoms with Crippen LogP contribution >= 0.6 is 0 Å². The first-order chi connectivity index (χ1) is 7.24. The third kappa shape index (κ3) is 7.55. The molecule has 2 heteroatoms. The lowest BCUT2D eigenvalue weighted by molar-refractivity contribution is -0.928. The molecule has 0 atom stereocenters. The summed E-state index contributed by atoms with van der Waals surface area (Å²) >= 11 is 0. The van der Waals surface area contributed by atoms with Crippen LogP contribution in [-0.4, -0.2) is 37.5 Å². The maximum atomic E-state index is 8.00. The number of hydrogen-bond acceptors (Lipinski definition) is 1. The van der Waals surface area contributed by atoms with Gasteiger partial charge in [0.25, 0.3) is 0 Å². The van der Waals surface area contributed by atoms with E-state index in [0.29, 0.717) is 0 Å². The van der Waals surface area contributed by atoms with E-state index in [1.807, 2.05) is 6.79 Å². The molecule has 0 bridgehead atoms. The highest BCUT2D eigenvalue weighted by Crippen LogP contribution is 2.12. The van der Waals surface area contributed by atoms with E-state index in [1.165, 1.54) is 56.3 Å². The summed E-state index contributed by atoms with van der Waals surface area (Å²) < 4.78 is 1.38. The zero-order chi connectivity index (χ0) is 12.2. The van der Waals surface area contributed by atoms with Gasteiger partial charge in [0.05, 0.1) is 26.2 Å². The molecule has 0 heterocycles. The first-order valence-corrected chi connectivity index (χ1v) is 6.38. The minimum Gasteiger partial charge on any atom is -0.324 e. The van der Waals surface area contributed by atoms with Gasteiger partial charge in [0.1, 0.15) is 6.79 Å². The summed E-state index contributed by atoms with van der Waals surface area (Å²) in [6, 6.07) is 0. The van der Waals surface area contributed by atoms with E-state index in [9.17, 15) is 0 Å². The summed E-state index contributed by atoms with van der Waals surface area (Å²) in [7, 11) is 0. The fourth-order valence-corrected chi connectivity index (χ4v) is 2.57. The average Bonchev–Trinajstić information content (AvgIpc) is 2.22. The Morgan fingerprint density at radius 2 is 0.867 bits per heavy atom. The molecule has 0 aliphatic heterocycles. The predicted octanol–water partition coefficient (Wildman–Crippen LogP) is 3.26. The third-order valence-corrected chi connectivity index (χ3v) is 2.79. The zero-order valence-electron chi connectivity index (χ0n) is 11.2. The normalized spacial score (nSPS) is 10.7. The van der Waals surface area contributed by atoms with Gasteiger partial charge in [0.2, 0.25) is 0 Å². The molecule has 0 aromatic rings. The first kappa shape index (κ1) is 17.0. The lowest BCUT2D eigenvalue weighted by atomic mass is 10.2. The number of carbonyl (C=O) groups excluding carboxylic acids is 1. The van der Waals surface area contributed by atoms with Crippen LogP contribution in [-0.2, 0) is 4.79 Å². The molecule has 0 aromatic heterocycles. The topological polar surface area (TPSA) is 17.1 Å². The summed E-state index contributed by atoms with van der Waals surface area (Å²) in [6.45, 7) is 16.8. The molecule has 0 amide bonds. The van der Waals surface area contributed by atoms with Crippen LogP contribution in [0, 0.1) is 0 Å². The Hall–Kier alpha value is -0.370. The van der Waals surface area contributed by atoms with Crippen molar-refractivity contribution in [1.82, 2.24) is 0 Å². The van der Waals surface area contributed by atoms with Crippen molar-refractivity contribution in [1.29, 1.82) is 0 Å². The van der Waals surface area contributed by atoms with Crippen LogP contribution in [0.4, 0.5) is 0 Å². The molecule has 0 aliphatic rings. The van der Waals surface area contributed by atoms with Crippen molar-refractivity contribution < 1.29 is 9.28 Å². The Kier molecular flexibility index (Phi) is 13.3. The number of carbonyl (C=O) groups is 1. The van der Waals surface area contributed by atoms with Crippen LogP contribution in [0.25, 0.3) is 0 Å². The molecule has 2 nitrogen and oxygen atoms in total. The molecule has 0 fully saturated rings. The highest BCUT2D eigenvalue weighted by molar-refractivity contribution is 5.10. The summed E-state index contributed by atoms with van der Waals surface area (Å²) in [5.41, 5.74) is 0. The van der Waals surface area contributed by atoms with Gasteiger partial charge in [0, 0.05) is 0 Å². The minimum absolute atomic E-state index is 1.33. The molecule has 15 heavy (non-hydrogen) atoms. The lowest BCUT2D eigenvalue weighted by Gasteiger charge is -2.38. The molecular formula is C13H30NO+. The highest BCUT2D eigenvalue weighted by Gasteiger charge is 2.22. The van der Waals surface area contributed by atoms with E-state index in [0.717, 1.165) is 0 Å². The van der Waals surface area contributed by atoms with E-state index >= 15 is 0 Å². The fourth-order valence-electron chi connectivity index (χ4n) is 2.57. The van der Waals surface area contributed by atoms with Crippen LogP contribution in [0.3, 0.4) is 0 Å². The maximum Gasteiger partial charge on any atom is 0.106 e. The molecule has 0 saturated carbocycles. The van der Waals surface area contributed by atoms with Gasteiger partial charge < -0.3 is 9.28 Å². The number of hydrogen-bond donors (Lipinski definition) is 0. The maximum absolute atomic E-state index is 8.00. The number of nitrogens with zero attached hydrogens (tertiary/aromatic N) is 1. The Bertz CT molecular complexity index is 96.2. The standard InChI is InChI=1S/C12H28N.CH2O/c1-5-9-13(10-6-2,11-7-3)12-8-4;1-2/h5-12H2,1-4H3;1H2/q+1;. The van der Waals surface area contributed by atoms with E-state index in [4.69, 9.17) is 4.79 Å². The van der Waals surface area contributed by atoms with Crippen molar-refractivity contribution in [3.63, 3.8) is 0 Å². The summed E-state index contributed by atoms with van der Waals surface area (Å²) in [5, 5.41) is 0. The first-order valence-electron chi connectivity index (χ1n) is 6.38. The molecular weight excluding hydrogens is 186 g/mol. The van der Waals surface area contributed by atoms with E-state index < -0.39 is 0 Å². The second-order valence-electron chi connectivity index (χ2n) is 4.24. The average molecular weight is 216 g/mol. The number of quaternary nitrogens is 1. The van der Waals surface area contributed by atoms with Crippen LogP contribution in [0.2, 0.25) is 0 Å². The Labute approximate surface area is 96.3 Å². The minimum atomic E-state index is 1.33. The molecule has 0 N–H and O–H groups in total. The van der Waals surface area contributed by atoms with Gasteiger partial charge >= 0.3 is 0 Å². The van der Waals surface area contributed by atoms with E-state index in [2.05, 4.69) is 27.7 Å². The van der Waals surface area contributed by atoms with Gasteiger partial charge in [-0.25, -0.2) is 0 Å². The molecule has 0 rings (SSSR count). The van der Waals surface area contributed by atoms with Crippen molar-refractivity contribution in [3.8, 4) is 0 Å². The summed E-state index contributed by atoms with van der Waals surface area (Å²) in [5.74, 6) is 0. The lowest BCUT2D eigenvalue weighted by Crippen LogP contribution is -2.50. The third-order valence-electron chi connectivity index (χ3n) is 2.79. The summed E-state index contributed by atoms with van der Waals surface area (Å²) in [6.07, 6.45) is 5.33. The molecule has 92 valence electrons. The second kappa shape index (κ2) is 11.7. The molecule has 0 aliphatic carbocycles. The van der Waals surface area contributed by atoms with Crippen LogP contribution < -0.4 is 0 Å². The van der Waals surface area contributed by atoms with Gasteiger partial charge in [-0.1, -0.05) is 27.7 Å². The van der Waals surface area contributed by atoms with E-state index in [1.54, 1.807) is 0 Å². The molecule has 0 radical (unpaired) electrons. The quantitative estimate of drug-likeness (QED) is 0.569. The van der Waals surface area contributed by atoms with Gasteiger partial charge in [-0.3, -0.25) is 0 Å². The van der Waals surface area contributed by atoms with Crippen molar-refractivity contribution in [3.05, 3.63) is 0 Å². The van der Waals surface area contributed by atoms with Gasteiger partial charge in [-0.2, -0.15) is 0 Å². The highest BCUT2D eigenvalue weighted by atomic mass is 16.1. The fraction of sp³-hybridized carbons (Fsp3) is 0.923. The van der Waals surface area contributed by atoms with Gasteiger partial charge in [0.15, 0.2) is 0 Å². The van der Waals surface area contributed by atoms with E-state index in [-0.39, 0.29) is 0 Å². The Morgan fingerprint density at radius 1 is 0.667 bits per heavy atom. The summed E-state index contributed by atoms with van der Waals surface area (Å²) in [4.78, 5) is 8.00. The van der Waals surface area contributed by atoms with Crippen molar-refractivity contribution in [2.75, 3.05) is 26.2 Å². The molecule has 0 aromatic carbocycles. The van der Waals surface area contributed by atoms with Crippen LogP contribution in [0.1, 0.15) is 53.4 Å². The van der Waals surface area contributed by atoms with Gasteiger partial charge in [-0.15, -0.1) is 0 Å². The van der Waals surface area contributed by atoms with Gasteiger partial charge in [-0.05, 0) is 25.7 Å². The van der Waals surface area contributed by atoms with Crippen molar-refractivity contribution >= 4 is 6.79 Å². The largest absolute Gasteiger partial charge is 0.324 e. The Balaban J connectivity index is 0. The monoisotopic (exact) mass is 216 g/mol. The molecule has 0 spiro atoms. The van der Waals surface area contributed by atoms with Crippen molar-refractivity contribution in [2.24, 2.45) is 0 Å². The van der Waals surface area contributed by atoms with Crippen LogP contribution in [0.15, 0.2) is 0 Å². The Morgan fingerprint density at radius 3 is 1.00 bits per heavy atom. The van der Waals surface area contributed by atoms with Crippen molar-refractivity contribution in [2.45, 2.75) is 53.4 Å². The second-order valence-corrected chi connectivity index (χ2v) is 4.24. The number of rotatable bonds is 8. The van der Waals surface area contributed by atoms with Crippen LogP contribution in [0.5, 0.6) is 0 Å². The SMILES string of the molecule is C=O.CCC[N+](CCC)(CCC)CCC. The smallest absolute Gasteiger partial charge is 0.106 e.